The number of rotatable bonds is 7. The van der Waals surface area contributed by atoms with Crippen LogP contribution < -0.4 is 10.6 Å². The minimum absolute atomic E-state index is 0.0556. The molecular formula is C29H37FN4O3. The van der Waals surface area contributed by atoms with E-state index in [1.54, 1.807) is 31.2 Å². The molecule has 2 aliphatic rings. The summed E-state index contributed by atoms with van der Waals surface area (Å²) < 4.78 is 13.3. The van der Waals surface area contributed by atoms with Crippen molar-refractivity contribution in [3.05, 3.63) is 65.5 Å². The Morgan fingerprint density at radius 1 is 1.00 bits per heavy atom. The lowest BCUT2D eigenvalue weighted by molar-refractivity contribution is -0.131. The van der Waals surface area contributed by atoms with Gasteiger partial charge in [-0.25, -0.2) is 9.18 Å². The molecule has 2 heterocycles. The van der Waals surface area contributed by atoms with Gasteiger partial charge in [0.2, 0.25) is 5.91 Å². The maximum absolute atomic E-state index is 13.3. The molecule has 0 saturated carbocycles. The van der Waals surface area contributed by atoms with Crippen molar-refractivity contribution < 1.29 is 18.8 Å². The van der Waals surface area contributed by atoms with Gasteiger partial charge in [0, 0.05) is 56.3 Å². The highest BCUT2D eigenvalue weighted by atomic mass is 19.1. The standard InChI is InChI=1S/C29H37FN4O3/c1-20(35)24-6-3-7-27(16-24)31-29(37)32-28-12-14-34(21(2)36)19-25(28)18-33-13-4-5-23(17-33)15-22-8-10-26(30)11-9-22/h3,6-11,16,23,25,28H,4-5,12-15,17-19H2,1-2H3,(H2,31,32,37)/t23-,25+,28+/m0/s1. The summed E-state index contributed by atoms with van der Waals surface area (Å²) in [5.74, 6) is 0.392. The number of nitrogens with one attached hydrogen (secondary N) is 2. The molecule has 2 aromatic rings. The molecule has 8 heteroatoms. The first-order valence-corrected chi connectivity index (χ1v) is 13.2. The third-order valence-corrected chi connectivity index (χ3v) is 7.56. The number of urea groups is 1. The van der Waals surface area contributed by atoms with E-state index in [2.05, 4.69) is 15.5 Å². The van der Waals surface area contributed by atoms with Gasteiger partial charge in [0.25, 0.3) is 0 Å². The van der Waals surface area contributed by atoms with Crippen LogP contribution in [0.4, 0.5) is 14.9 Å². The van der Waals surface area contributed by atoms with E-state index in [4.69, 9.17) is 0 Å². The second kappa shape index (κ2) is 12.3. The number of benzene rings is 2. The molecule has 3 atom stereocenters. The van der Waals surface area contributed by atoms with E-state index in [1.165, 1.54) is 19.1 Å². The molecule has 7 nitrogen and oxygen atoms in total. The number of amides is 3. The second-order valence-corrected chi connectivity index (χ2v) is 10.5. The topological polar surface area (TPSA) is 81.8 Å². The molecule has 2 aliphatic heterocycles. The van der Waals surface area contributed by atoms with E-state index in [0.29, 0.717) is 36.7 Å². The van der Waals surface area contributed by atoms with Crippen LogP contribution in [0.3, 0.4) is 0 Å². The van der Waals surface area contributed by atoms with Gasteiger partial charge in [-0.3, -0.25) is 9.59 Å². The van der Waals surface area contributed by atoms with Gasteiger partial charge < -0.3 is 20.4 Å². The first kappa shape index (κ1) is 26.8. The minimum Gasteiger partial charge on any atom is -0.342 e. The van der Waals surface area contributed by atoms with Gasteiger partial charge in [-0.2, -0.15) is 0 Å². The highest BCUT2D eigenvalue weighted by Crippen LogP contribution is 2.25. The van der Waals surface area contributed by atoms with Gasteiger partial charge in [0.05, 0.1) is 0 Å². The number of Topliss-reactive ketones (excluding diaryl/α,β-unsaturated/α-hetero) is 1. The van der Waals surface area contributed by atoms with Crippen molar-refractivity contribution in [2.24, 2.45) is 11.8 Å². The van der Waals surface area contributed by atoms with Crippen LogP contribution >= 0.6 is 0 Å². The number of hydrogen-bond acceptors (Lipinski definition) is 4. The lowest BCUT2D eigenvalue weighted by Crippen LogP contribution is -2.56. The van der Waals surface area contributed by atoms with Crippen molar-refractivity contribution in [2.75, 3.05) is 38.0 Å². The summed E-state index contributed by atoms with van der Waals surface area (Å²) >= 11 is 0. The second-order valence-electron chi connectivity index (χ2n) is 10.5. The highest BCUT2D eigenvalue weighted by Gasteiger charge is 2.34. The Balaban J connectivity index is 1.38. The average Bonchev–Trinajstić information content (AvgIpc) is 2.86. The molecule has 198 valence electrons. The van der Waals surface area contributed by atoms with Crippen molar-refractivity contribution in [3.8, 4) is 0 Å². The normalized spacial score (nSPS) is 22.4. The average molecular weight is 509 g/mol. The molecule has 4 rings (SSSR count). The molecule has 0 unspecified atom stereocenters. The van der Waals surface area contributed by atoms with Crippen molar-refractivity contribution in [1.82, 2.24) is 15.1 Å². The molecule has 2 aromatic carbocycles. The Morgan fingerprint density at radius 2 is 1.78 bits per heavy atom. The summed E-state index contributed by atoms with van der Waals surface area (Å²) in [4.78, 5) is 41.0. The van der Waals surface area contributed by atoms with Crippen LogP contribution in [0.15, 0.2) is 48.5 Å². The molecular weight excluding hydrogens is 471 g/mol. The number of anilines is 1. The smallest absolute Gasteiger partial charge is 0.319 e. The molecule has 2 N–H and O–H groups in total. The fraction of sp³-hybridized carbons (Fsp3) is 0.483. The highest BCUT2D eigenvalue weighted by molar-refractivity contribution is 5.96. The number of likely N-dealkylation sites (tertiary alicyclic amines) is 2. The number of ketones is 1. The fourth-order valence-electron chi connectivity index (χ4n) is 5.61. The number of carbonyl (C=O) groups excluding carboxylic acids is 3. The van der Waals surface area contributed by atoms with Crippen molar-refractivity contribution >= 4 is 23.4 Å². The van der Waals surface area contributed by atoms with E-state index in [0.717, 1.165) is 44.5 Å². The predicted octanol–water partition coefficient (Wildman–Crippen LogP) is 4.34. The molecule has 3 amide bonds. The zero-order chi connectivity index (χ0) is 26.4. The Bertz CT molecular complexity index is 1110. The van der Waals surface area contributed by atoms with E-state index >= 15 is 0 Å². The zero-order valence-electron chi connectivity index (χ0n) is 21.7. The van der Waals surface area contributed by atoms with Crippen LogP contribution in [0.25, 0.3) is 0 Å². The third kappa shape index (κ3) is 7.61. The summed E-state index contributed by atoms with van der Waals surface area (Å²) in [6.45, 7) is 7.06. The van der Waals surface area contributed by atoms with E-state index in [1.807, 2.05) is 17.0 Å². The van der Waals surface area contributed by atoms with Gasteiger partial charge in [0.15, 0.2) is 5.78 Å². The van der Waals surface area contributed by atoms with Gasteiger partial charge in [-0.15, -0.1) is 0 Å². The largest absolute Gasteiger partial charge is 0.342 e. The van der Waals surface area contributed by atoms with Gasteiger partial charge in [-0.05, 0) is 74.9 Å². The van der Waals surface area contributed by atoms with Crippen LogP contribution in [0.1, 0.15) is 49.0 Å². The van der Waals surface area contributed by atoms with E-state index in [9.17, 15) is 18.8 Å². The quantitative estimate of drug-likeness (QED) is 0.545. The molecule has 2 fully saturated rings. The monoisotopic (exact) mass is 508 g/mol. The molecule has 0 aromatic heterocycles. The van der Waals surface area contributed by atoms with Crippen LogP contribution in [-0.4, -0.2) is 66.3 Å². The number of carbonyl (C=O) groups is 3. The van der Waals surface area contributed by atoms with Crippen molar-refractivity contribution in [1.29, 1.82) is 0 Å². The molecule has 37 heavy (non-hydrogen) atoms. The summed E-state index contributed by atoms with van der Waals surface area (Å²) in [7, 11) is 0. The van der Waals surface area contributed by atoms with E-state index in [-0.39, 0.29) is 35.5 Å². The third-order valence-electron chi connectivity index (χ3n) is 7.56. The minimum atomic E-state index is -0.306. The van der Waals surface area contributed by atoms with Crippen LogP contribution in [0, 0.1) is 17.7 Å². The Labute approximate surface area is 218 Å². The molecule has 0 spiro atoms. The Morgan fingerprint density at radius 3 is 2.51 bits per heavy atom. The maximum Gasteiger partial charge on any atom is 0.319 e. The number of halogens is 1. The molecule has 0 aliphatic carbocycles. The van der Waals surface area contributed by atoms with Gasteiger partial charge >= 0.3 is 6.03 Å². The Hall–Kier alpha value is -3.26. The van der Waals surface area contributed by atoms with E-state index < -0.39 is 0 Å². The number of hydrogen-bond donors (Lipinski definition) is 2. The van der Waals surface area contributed by atoms with Crippen LogP contribution in [-0.2, 0) is 11.2 Å². The molecule has 2 saturated heterocycles. The fourth-order valence-corrected chi connectivity index (χ4v) is 5.61. The summed E-state index contributed by atoms with van der Waals surface area (Å²) in [6.07, 6.45) is 3.85. The summed E-state index contributed by atoms with van der Waals surface area (Å²) in [6, 6.07) is 13.3. The van der Waals surface area contributed by atoms with Crippen molar-refractivity contribution in [2.45, 2.75) is 45.6 Å². The lowest BCUT2D eigenvalue weighted by Gasteiger charge is -2.42. The molecule has 0 bridgehead atoms. The summed E-state index contributed by atoms with van der Waals surface area (Å²) in [5.41, 5.74) is 2.27. The van der Waals surface area contributed by atoms with Crippen LogP contribution in [0.5, 0.6) is 0 Å². The first-order chi connectivity index (χ1) is 17.8. The SMILES string of the molecule is CC(=O)c1cccc(NC(=O)N[C@@H]2CCN(C(C)=O)C[C@H]2CN2CCC[C@@H](Cc3ccc(F)cc3)C2)c1. The number of piperidine rings is 2. The van der Waals surface area contributed by atoms with Gasteiger partial charge in [-0.1, -0.05) is 24.3 Å². The van der Waals surface area contributed by atoms with Crippen LogP contribution in [0.2, 0.25) is 0 Å². The zero-order valence-corrected chi connectivity index (χ0v) is 21.7. The van der Waals surface area contributed by atoms with Crippen molar-refractivity contribution in [3.63, 3.8) is 0 Å². The predicted molar refractivity (Wildman–Crippen MR) is 142 cm³/mol. The van der Waals surface area contributed by atoms with Gasteiger partial charge in [0.1, 0.15) is 5.82 Å². The lowest BCUT2D eigenvalue weighted by atomic mass is 9.88. The molecule has 0 radical (unpaired) electrons. The maximum atomic E-state index is 13.3. The Kier molecular flexibility index (Phi) is 8.92. The number of nitrogens with zero attached hydrogens (tertiary/aromatic N) is 2. The first-order valence-electron chi connectivity index (χ1n) is 13.2. The summed E-state index contributed by atoms with van der Waals surface area (Å²) in [5, 5.41) is 5.99.